The van der Waals surface area contributed by atoms with Crippen LogP contribution in [0.15, 0.2) is 42.6 Å². The first-order valence-electron chi connectivity index (χ1n) is 9.45. The Balaban J connectivity index is 1.89. The molecule has 0 amide bonds. The summed E-state index contributed by atoms with van der Waals surface area (Å²) in [6.07, 6.45) is 1.84. The van der Waals surface area contributed by atoms with Crippen molar-refractivity contribution in [2.24, 2.45) is 0 Å². The minimum Gasteiger partial charge on any atom is -0.493 e. The van der Waals surface area contributed by atoms with Gasteiger partial charge in [-0.2, -0.15) is 0 Å². The largest absolute Gasteiger partial charge is 0.493 e. The van der Waals surface area contributed by atoms with E-state index in [-0.39, 0.29) is 0 Å². The summed E-state index contributed by atoms with van der Waals surface area (Å²) < 4.78 is 23.8. The molecule has 3 rings (SSSR count). The van der Waals surface area contributed by atoms with Crippen LogP contribution in [0.3, 0.4) is 0 Å². The van der Waals surface area contributed by atoms with Gasteiger partial charge in [0.05, 0.1) is 39.8 Å². The molecular formula is C22H26ClN3O4. The molecule has 0 aliphatic heterocycles. The van der Waals surface area contributed by atoms with Crippen molar-refractivity contribution < 1.29 is 18.9 Å². The Morgan fingerprint density at radius 3 is 2.30 bits per heavy atom. The van der Waals surface area contributed by atoms with Crippen LogP contribution in [0.2, 0.25) is 5.02 Å². The molecule has 0 atom stereocenters. The Bertz CT molecular complexity index is 973. The maximum atomic E-state index is 6.03. The number of benzene rings is 2. The average molecular weight is 432 g/mol. The molecule has 0 unspecified atom stereocenters. The molecule has 7 nitrogen and oxygen atoms in total. The van der Waals surface area contributed by atoms with E-state index in [4.69, 9.17) is 30.5 Å². The van der Waals surface area contributed by atoms with Crippen LogP contribution in [-0.4, -0.2) is 44.6 Å². The van der Waals surface area contributed by atoms with Gasteiger partial charge in [-0.3, -0.25) is 0 Å². The number of rotatable bonds is 10. The Morgan fingerprint density at radius 1 is 0.933 bits per heavy atom. The zero-order valence-corrected chi connectivity index (χ0v) is 18.3. The van der Waals surface area contributed by atoms with E-state index in [1.54, 1.807) is 28.4 Å². The number of hydrogen-bond acceptors (Lipinski definition) is 6. The van der Waals surface area contributed by atoms with Gasteiger partial charge in [0.15, 0.2) is 11.5 Å². The van der Waals surface area contributed by atoms with Crippen LogP contribution in [0.25, 0.3) is 11.3 Å². The van der Waals surface area contributed by atoms with E-state index in [1.807, 2.05) is 42.6 Å². The van der Waals surface area contributed by atoms with Gasteiger partial charge in [-0.25, -0.2) is 4.98 Å². The van der Waals surface area contributed by atoms with E-state index in [0.29, 0.717) is 42.0 Å². The van der Waals surface area contributed by atoms with Crippen molar-refractivity contribution in [2.75, 3.05) is 40.4 Å². The molecule has 160 valence electrons. The first kappa shape index (κ1) is 21.8. The van der Waals surface area contributed by atoms with Gasteiger partial charge >= 0.3 is 0 Å². The van der Waals surface area contributed by atoms with E-state index < -0.39 is 0 Å². The van der Waals surface area contributed by atoms with Crippen LogP contribution in [0.4, 0.5) is 5.95 Å². The molecule has 2 aromatic carbocycles. The minimum absolute atomic E-state index is 0.494. The van der Waals surface area contributed by atoms with E-state index in [9.17, 15) is 0 Å². The monoisotopic (exact) mass is 431 g/mol. The van der Waals surface area contributed by atoms with Gasteiger partial charge in [0.1, 0.15) is 0 Å². The predicted molar refractivity (Wildman–Crippen MR) is 118 cm³/mol. The summed E-state index contributed by atoms with van der Waals surface area (Å²) in [6, 6.07) is 11.5. The van der Waals surface area contributed by atoms with Crippen molar-refractivity contribution in [1.82, 2.24) is 9.55 Å². The summed E-state index contributed by atoms with van der Waals surface area (Å²) in [7, 11) is 6.48. The molecule has 0 saturated carbocycles. The number of methoxy groups -OCH3 is 4. The standard InChI is InChI=1S/C22H26ClN3O4/c1-27-12-11-26-18(15-5-8-17(23)9-6-15)14-25-22(26)24-13-16-7-10-19(28-2)21(30-4)20(16)29-3/h5-10,14H,11-13H2,1-4H3,(H,24,25). The third kappa shape index (κ3) is 4.63. The van der Waals surface area contributed by atoms with Gasteiger partial charge in [-0.15, -0.1) is 0 Å². The highest BCUT2D eigenvalue weighted by molar-refractivity contribution is 6.30. The Morgan fingerprint density at radius 2 is 1.67 bits per heavy atom. The molecule has 1 N–H and O–H groups in total. The smallest absolute Gasteiger partial charge is 0.203 e. The topological polar surface area (TPSA) is 66.8 Å². The molecule has 0 fully saturated rings. The number of aromatic nitrogens is 2. The summed E-state index contributed by atoms with van der Waals surface area (Å²) in [6.45, 7) is 1.71. The molecule has 0 saturated heterocycles. The van der Waals surface area contributed by atoms with Crippen molar-refractivity contribution >= 4 is 17.5 Å². The number of nitrogens with one attached hydrogen (secondary N) is 1. The van der Waals surface area contributed by atoms with Crippen molar-refractivity contribution in [3.05, 3.63) is 53.2 Å². The third-order valence-electron chi connectivity index (χ3n) is 4.74. The zero-order valence-electron chi connectivity index (χ0n) is 17.6. The fourth-order valence-electron chi connectivity index (χ4n) is 3.25. The van der Waals surface area contributed by atoms with Crippen molar-refractivity contribution in [3.8, 4) is 28.5 Å². The number of halogens is 1. The lowest BCUT2D eigenvalue weighted by molar-refractivity contribution is 0.188. The quantitative estimate of drug-likeness (QED) is 0.510. The van der Waals surface area contributed by atoms with Crippen molar-refractivity contribution in [2.45, 2.75) is 13.1 Å². The summed E-state index contributed by atoms with van der Waals surface area (Å²) >= 11 is 6.03. The summed E-state index contributed by atoms with van der Waals surface area (Å²) in [4.78, 5) is 4.58. The second kappa shape index (κ2) is 10.2. The van der Waals surface area contributed by atoms with Crippen LogP contribution in [0, 0.1) is 0 Å². The summed E-state index contributed by atoms with van der Waals surface area (Å²) in [5, 5.41) is 4.09. The van der Waals surface area contributed by atoms with E-state index in [1.165, 1.54) is 0 Å². The molecular weight excluding hydrogens is 406 g/mol. The predicted octanol–water partition coefficient (Wildman–Crippen LogP) is 4.49. The molecule has 8 heteroatoms. The van der Waals surface area contributed by atoms with E-state index in [2.05, 4.69) is 14.9 Å². The number of nitrogens with zero attached hydrogens (tertiary/aromatic N) is 2. The molecule has 0 spiro atoms. The van der Waals surface area contributed by atoms with Crippen molar-refractivity contribution in [1.29, 1.82) is 0 Å². The molecule has 3 aromatic rings. The van der Waals surface area contributed by atoms with Gasteiger partial charge in [0.2, 0.25) is 11.7 Å². The van der Waals surface area contributed by atoms with Crippen molar-refractivity contribution in [3.63, 3.8) is 0 Å². The average Bonchev–Trinajstić information content (AvgIpc) is 3.18. The maximum Gasteiger partial charge on any atom is 0.203 e. The minimum atomic E-state index is 0.494. The Kier molecular flexibility index (Phi) is 7.43. The molecule has 30 heavy (non-hydrogen) atoms. The highest BCUT2D eigenvalue weighted by atomic mass is 35.5. The molecule has 0 bridgehead atoms. The normalized spacial score (nSPS) is 10.7. The van der Waals surface area contributed by atoms with Crippen LogP contribution in [0.1, 0.15) is 5.56 Å². The zero-order chi connectivity index (χ0) is 21.5. The van der Waals surface area contributed by atoms with Gasteiger partial charge in [-0.05, 0) is 29.8 Å². The number of hydrogen-bond donors (Lipinski definition) is 1. The number of ether oxygens (including phenoxy) is 4. The first-order chi connectivity index (χ1) is 14.6. The second-order valence-corrected chi connectivity index (χ2v) is 6.90. The summed E-state index contributed by atoms with van der Waals surface area (Å²) in [5.74, 6) is 2.53. The molecule has 1 heterocycles. The molecule has 1 aromatic heterocycles. The molecule has 0 aliphatic carbocycles. The highest BCUT2D eigenvalue weighted by Crippen LogP contribution is 2.40. The van der Waals surface area contributed by atoms with E-state index >= 15 is 0 Å². The second-order valence-electron chi connectivity index (χ2n) is 6.47. The SMILES string of the molecule is COCCn1c(-c2ccc(Cl)cc2)cnc1NCc1ccc(OC)c(OC)c1OC. The van der Waals surface area contributed by atoms with Crippen LogP contribution in [-0.2, 0) is 17.8 Å². The van der Waals surface area contributed by atoms with Crippen LogP contribution < -0.4 is 19.5 Å². The third-order valence-corrected chi connectivity index (χ3v) is 4.99. The Hall–Kier alpha value is -2.90. The number of imidazole rings is 1. The molecule has 0 aliphatic rings. The lowest BCUT2D eigenvalue weighted by Gasteiger charge is -2.17. The fraction of sp³-hybridized carbons (Fsp3) is 0.318. The molecule has 0 radical (unpaired) electrons. The van der Waals surface area contributed by atoms with Gasteiger partial charge in [0, 0.05) is 30.8 Å². The first-order valence-corrected chi connectivity index (χ1v) is 9.82. The van der Waals surface area contributed by atoms with Gasteiger partial charge < -0.3 is 28.8 Å². The Labute approximate surface area is 181 Å². The fourth-order valence-corrected chi connectivity index (χ4v) is 3.38. The maximum absolute atomic E-state index is 6.03. The van der Waals surface area contributed by atoms with Gasteiger partial charge in [-0.1, -0.05) is 23.7 Å². The van der Waals surface area contributed by atoms with E-state index in [0.717, 1.165) is 22.8 Å². The highest BCUT2D eigenvalue weighted by Gasteiger charge is 2.17. The van der Waals surface area contributed by atoms with Gasteiger partial charge in [0.25, 0.3) is 0 Å². The lowest BCUT2D eigenvalue weighted by atomic mass is 10.1. The van der Waals surface area contributed by atoms with Crippen LogP contribution in [0.5, 0.6) is 17.2 Å². The van der Waals surface area contributed by atoms with Crippen LogP contribution >= 0.6 is 11.6 Å². The summed E-state index contributed by atoms with van der Waals surface area (Å²) in [5.41, 5.74) is 2.93. The lowest BCUT2D eigenvalue weighted by Crippen LogP contribution is -2.12. The number of anilines is 1.